The Kier molecular flexibility index (Phi) is 12.0. The van der Waals surface area contributed by atoms with Crippen LogP contribution in [0.15, 0.2) is 83.8 Å². The summed E-state index contributed by atoms with van der Waals surface area (Å²) in [5.41, 5.74) is 2.18. The maximum atomic E-state index is 14.2. The lowest BCUT2D eigenvalue weighted by molar-refractivity contribution is -0.139. The molecule has 42 heavy (non-hydrogen) atoms. The van der Waals surface area contributed by atoms with Crippen LogP contribution in [0.2, 0.25) is 0 Å². The fourth-order valence-corrected chi connectivity index (χ4v) is 6.05. The van der Waals surface area contributed by atoms with E-state index in [2.05, 4.69) is 5.32 Å². The van der Waals surface area contributed by atoms with E-state index < -0.39 is 28.5 Å². The molecule has 8 nitrogen and oxygen atoms in total. The maximum absolute atomic E-state index is 14.2. The monoisotopic (exact) mass is 593 g/mol. The molecule has 9 heteroatoms. The number of amides is 2. The number of benzene rings is 3. The molecule has 3 aromatic rings. The van der Waals surface area contributed by atoms with Crippen LogP contribution in [-0.4, -0.2) is 56.9 Å². The molecule has 0 aliphatic rings. The number of para-hydroxylation sites is 2. The van der Waals surface area contributed by atoms with Gasteiger partial charge in [-0.1, -0.05) is 74.0 Å². The van der Waals surface area contributed by atoms with Gasteiger partial charge in [0, 0.05) is 12.6 Å². The number of aryl methyl sites for hydroxylation is 1. The van der Waals surface area contributed by atoms with Gasteiger partial charge in [-0.3, -0.25) is 13.9 Å². The normalized spacial score (nSPS) is 12.7. The molecule has 0 heterocycles. The lowest BCUT2D eigenvalue weighted by atomic mass is 10.1. The third-order valence-electron chi connectivity index (χ3n) is 7.19. The Balaban J connectivity index is 2.06. The van der Waals surface area contributed by atoms with Crippen LogP contribution < -0.4 is 14.4 Å². The average Bonchev–Trinajstić information content (AvgIpc) is 2.99. The van der Waals surface area contributed by atoms with Crippen LogP contribution in [0, 0.1) is 6.92 Å². The molecule has 0 saturated carbocycles. The van der Waals surface area contributed by atoms with E-state index >= 15 is 0 Å². The fourth-order valence-electron chi connectivity index (χ4n) is 4.63. The second-order valence-corrected chi connectivity index (χ2v) is 12.2. The second-order valence-electron chi connectivity index (χ2n) is 10.3. The molecule has 0 fully saturated rings. The van der Waals surface area contributed by atoms with Gasteiger partial charge in [0.05, 0.1) is 17.2 Å². The lowest BCUT2D eigenvalue weighted by Crippen LogP contribution is -2.54. The molecule has 226 valence electrons. The summed E-state index contributed by atoms with van der Waals surface area (Å²) >= 11 is 0. The highest BCUT2D eigenvalue weighted by molar-refractivity contribution is 7.92. The van der Waals surface area contributed by atoms with Crippen LogP contribution in [0.5, 0.6) is 5.75 Å². The third kappa shape index (κ3) is 8.35. The highest BCUT2D eigenvalue weighted by Gasteiger charge is 2.34. The number of ether oxygens (including phenoxy) is 1. The summed E-state index contributed by atoms with van der Waals surface area (Å²) in [6.45, 7) is 9.52. The predicted molar refractivity (Wildman–Crippen MR) is 167 cm³/mol. The van der Waals surface area contributed by atoms with Crippen LogP contribution in [-0.2, 0) is 26.0 Å². The standard InChI is InChI=1S/C33H43N3O5S/c1-6-26(5)34-33(38)29(7-2)35(23-22-27-14-10-9-11-15-27)32(37)24-36(30-16-12-13-17-31(30)41-8-3)42(39,40)28-20-18-25(4)19-21-28/h9-21,26,29H,6-8,22-24H2,1-5H3,(H,34,38)/t26-,29-/m1/s1. The zero-order valence-electron chi connectivity index (χ0n) is 25.2. The Hall–Kier alpha value is -3.85. The maximum Gasteiger partial charge on any atom is 0.264 e. The van der Waals surface area contributed by atoms with Crippen molar-refractivity contribution in [3.63, 3.8) is 0 Å². The van der Waals surface area contributed by atoms with Crippen molar-refractivity contribution < 1.29 is 22.7 Å². The van der Waals surface area contributed by atoms with E-state index in [0.717, 1.165) is 21.9 Å². The summed E-state index contributed by atoms with van der Waals surface area (Å²) in [7, 11) is -4.18. The van der Waals surface area contributed by atoms with Crippen LogP contribution in [0.1, 0.15) is 51.7 Å². The highest BCUT2D eigenvalue weighted by atomic mass is 32.2. The number of anilines is 1. The quantitative estimate of drug-likeness (QED) is 0.256. The van der Waals surface area contributed by atoms with Gasteiger partial charge in [-0.2, -0.15) is 0 Å². The van der Waals surface area contributed by atoms with Crippen LogP contribution in [0.4, 0.5) is 5.69 Å². The first-order valence-corrected chi connectivity index (χ1v) is 16.0. The number of sulfonamides is 1. The fraction of sp³-hybridized carbons (Fsp3) is 0.394. The Labute approximate surface area is 250 Å². The van der Waals surface area contributed by atoms with E-state index in [9.17, 15) is 18.0 Å². The van der Waals surface area contributed by atoms with Crippen molar-refractivity contribution in [3.8, 4) is 5.75 Å². The van der Waals surface area contributed by atoms with Gasteiger partial charge in [-0.15, -0.1) is 0 Å². The van der Waals surface area contributed by atoms with E-state index in [-0.39, 0.29) is 29.1 Å². The molecule has 0 spiro atoms. The molecule has 2 amide bonds. The molecular formula is C33H43N3O5S. The van der Waals surface area contributed by atoms with Crippen LogP contribution in [0.25, 0.3) is 0 Å². The summed E-state index contributed by atoms with van der Waals surface area (Å²) in [4.78, 5) is 29.2. The minimum Gasteiger partial charge on any atom is -0.492 e. The first kappa shape index (κ1) is 32.7. The van der Waals surface area contributed by atoms with E-state index in [4.69, 9.17) is 4.74 Å². The van der Waals surface area contributed by atoms with E-state index in [1.54, 1.807) is 36.4 Å². The van der Waals surface area contributed by atoms with Crippen molar-refractivity contribution in [3.05, 3.63) is 90.0 Å². The van der Waals surface area contributed by atoms with Gasteiger partial charge in [-0.25, -0.2) is 8.42 Å². The first-order chi connectivity index (χ1) is 20.1. The van der Waals surface area contributed by atoms with Crippen LogP contribution in [0.3, 0.4) is 0 Å². The molecule has 1 N–H and O–H groups in total. The smallest absolute Gasteiger partial charge is 0.264 e. The molecule has 0 aromatic heterocycles. The Morgan fingerprint density at radius 3 is 2.14 bits per heavy atom. The largest absolute Gasteiger partial charge is 0.492 e. The predicted octanol–water partition coefficient (Wildman–Crippen LogP) is 5.35. The van der Waals surface area contributed by atoms with Gasteiger partial charge in [0.15, 0.2) is 0 Å². The van der Waals surface area contributed by atoms with Gasteiger partial charge >= 0.3 is 0 Å². The Morgan fingerprint density at radius 2 is 1.52 bits per heavy atom. The van der Waals surface area contributed by atoms with Crippen molar-refractivity contribution in [2.24, 2.45) is 0 Å². The van der Waals surface area contributed by atoms with Gasteiger partial charge in [0.1, 0.15) is 18.3 Å². The number of rotatable bonds is 15. The third-order valence-corrected chi connectivity index (χ3v) is 8.97. The second kappa shape index (κ2) is 15.4. The van der Waals surface area contributed by atoms with Crippen molar-refractivity contribution >= 4 is 27.5 Å². The van der Waals surface area contributed by atoms with Crippen molar-refractivity contribution in [2.75, 3.05) is 24.0 Å². The molecular weight excluding hydrogens is 550 g/mol. The molecule has 0 aliphatic heterocycles. The Bertz CT molecular complexity index is 1410. The van der Waals surface area contributed by atoms with E-state index in [0.29, 0.717) is 25.2 Å². The first-order valence-electron chi connectivity index (χ1n) is 14.6. The van der Waals surface area contributed by atoms with Crippen LogP contribution >= 0.6 is 0 Å². The van der Waals surface area contributed by atoms with Crippen molar-refractivity contribution in [2.45, 2.75) is 70.9 Å². The van der Waals surface area contributed by atoms with Gasteiger partial charge in [0.25, 0.3) is 10.0 Å². The molecule has 0 radical (unpaired) electrons. The van der Waals surface area contributed by atoms with Crippen molar-refractivity contribution in [1.82, 2.24) is 10.2 Å². The molecule has 0 bridgehead atoms. The minimum atomic E-state index is -4.18. The number of nitrogens with zero attached hydrogens (tertiary/aromatic N) is 2. The average molecular weight is 594 g/mol. The lowest BCUT2D eigenvalue weighted by Gasteiger charge is -2.34. The summed E-state index contributed by atoms with van der Waals surface area (Å²) in [6.07, 6.45) is 1.64. The van der Waals surface area contributed by atoms with Gasteiger partial charge in [0.2, 0.25) is 11.8 Å². The topological polar surface area (TPSA) is 96.0 Å². The number of carbonyl (C=O) groups excluding carboxylic acids is 2. The van der Waals surface area contributed by atoms with E-state index in [1.165, 1.54) is 17.0 Å². The summed E-state index contributed by atoms with van der Waals surface area (Å²) in [6, 6.07) is 22.2. The number of hydrogen-bond donors (Lipinski definition) is 1. The van der Waals surface area contributed by atoms with E-state index in [1.807, 2.05) is 65.0 Å². The number of nitrogens with one attached hydrogen (secondary N) is 1. The van der Waals surface area contributed by atoms with Crippen molar-refractivity contribution in [1.29, 1.82) is 0 Å². The molecule has 0 aliphatic carbocycles. The van der Waals surface area contributed by atoms with Gasteiger partial charge < -0.3 is 15.0 Å². The SMILES string of the molecule is CCOc1ccccc1N(CC(=O)N(CCc1ccccc1)[C@H](CC)C(=O)N[C@H](C)CC)S(=O)(=O)c1ccc(C)cc1. The summed E-state index contributed by atoms with van der Waals surface area (Å²) in [5.74, 6) is -0.379. The summed E-state index contributed by atoms with van der Waals surface area (Å²) in [5, 5.41) is 3.00. The zero-order valence-corrected chi connectivity index (χ0v) is 26.1. The number of hydrogen-bond acceptors (Lipinski definition) is 5. The molecule has 3 rings (SSSR count). The zero-order chi connectivity index (χ0) is 30.7. The number of carbonyl (C=O) groups is 2. The minimum absolute atomic E-state index is 0.0598. The molecule has 3 aromatic carbocycles. The molecule has 2 atom stereocenters. The molecule has 0 unspecified atom stereocenters. The summed E-state index contributed by atoms with van der Waals surface area (Å²) < 4.78 is 35.1. The Morgan fingerprint density at radius 1 is 0.881 bits per heavy atom. The molecule has 0 saturated heterocycles. The van der Waals surface area contributed by atoms with Gasteiger partial charge in [-0.05, 0) is 69.9 Å². The highest BCUT2D eigenvalue weighted by Crippen LogP contribution is 2.33.